The summed E-state index contributed by atoms with van der Waals surface area (Å²) in [5.41, 5.74) is 1.65. The molecule has 2 rings (SSSR count). The lowest BCUT2D eigenvalue weighted by Crippen LogP contribution is -2.43. The highest BCUT2D eigenvalue weighted by Crippen LogP contribution is 2.13. The highest BCUT2D eigenvalue weighted by atomic mass is 35.5. The molecule has 2 amide bonds. The van der Waals surface area contributed by atoms with Crippen LogP contribution >= 0.6 is 11.6 Å². The molecule has 136 valence electrons. The first-order valence-electron chi connectivity index (χ1n) is 7.90. The Labute approximate surface area is 156 Å². The SMILES string of the molecule is COC(=O)[C@@H](Cc1ccc(Cl)cc1)NC(=O)c1cccc(NC(C)=O)c1. The Morgan fingerprint density at radius 1 is 1.12 bits per heavy atom. The fourth-order valence-corrected chi connectivity index (χ4v) is 2.50. The van der Waals surface area contributed by atoms with E-state index in [4.69, 9.17) is 16.3 Å². The van der Waals surface area contributed by atoms with E-state index in [1.165, 1.54) is 20.1 Å². The maximum atomic E-state index is 12.5. The lowest BCUT2D eigenvalue weighted by atomic mass is 10.1. The van der Waals surface area contributed by atoms with Crippen LogP contribution in [0.5, 0.6) is 0 Å². The first kappa shape index (κ1) is 19.5. The molecule has 2 aromatic rings. The minimum absolute atomic E-state index is 0.238. The molecule has 0 spiro atoms. The molecule has 0 saturated heterocycles. The van der Waals surface area contributed by atoms with E-state index in [0.29, 0.717) is 16.3 Å². The quantitative estimate of drug-likeness (QED) is 0.761. The molecule has 0 aromatic heterocycles. The van der Waals surface area contributed by atoms with Crippen LogP contribution in [0.2, 0.25) is 5.02 Å². The van der Waals surface area contributed by atoms with Gasteiger partial charge in [0.2, 0.25) is 5.91 Å². The van der Waals surface area contributed by atoms with Gasteiger partial charge in [0, 0.05) is 29.6 Å². The van der Waals surface area contributed by atoms with Gasteiger partial charge in [-0.15, -0.1) is 0 Å². The molecule has 2 N–H and O–H groups in total. The average Bonchev–Trinajstić information content (AvgIpc) is 2.62. The number of hydrogen-bond acceptors (Lipinski definition) is 4. The van der Waals surface area contributed by atoms with Gasteiger partial charge in [0.05, 0.1) is 7.11 Å². The molecule has 0 unspecified atom stereocenters. The second-order valence-electron chi connectivity index (χ2n) is 5.64. The molecular formula is C19H19ClN2O4. The van der Waals surface area contributed by atoms with Gasteiger partial charge < -0.3 is 15.4 Å². The Balaban J connectivity index is 2.14. The van der Waals surface area contributed by atoms with Crippen LogP contribution in [0.15, 0.2) is 48.5 Å². The molecule has 0 heterocycles. The van der Waals surface area contributed by atoms with E-state index in [1.807, 2.05) is 0 Å². The number of amides is 2. The van der Waals surface area contributed by atoms with Crippen molar-refractivity contribution < 1.29 is 19.1 Å². The monoisotopic (exact) mass is 374 g/mol. The summed E-state index contributed by atoms with van der Waals surface area (Å²) in [6, 6.07) is 12.6. The predicted molar refractivity (Wildman–Crippen MR) is 99.2 cm³/mol. The number of ether oxygens (including phenoxy) is 1. The summed E-state index contributed by atoms with van der Waals surface area (Å²) in [6.07, 6.45) is 0.265. The number of nitrogens with one attached hydrogen (secondary N) is 2. The van der Waals surface area contributed by atoms with E-state index in [-0.39, 0.29) is 12.3 Å². The zero-order valence-electron chi connectivity index (χ0n) is 14.4. The third kappa shape index (κ3) is 5.60. The number of carbonyl (C=O) groups excluding carboxylic acids is 3. The molecule has 1 atom stereocenters. The second-order valence-corrected chi connectivity index (χ2v) is 6.08. The van der Waals surface area contributed by atoms with E-state index in [2.05, 4.69) is 10.6 Å². The molecular weight excluding hydrogens is 356 g/mol. The zero-order valence-corrected chi connectivity index (χ0v) is 15.2. The Morgan fingerprint density at radius 2 is 1.81 bits per heavy atom. The molecule has 26 heavy (non-hydrogen) atoms. The van der Waals surface area contributed by atoms with Crippen molar-refractivity contribution in [3.05, 3.63) is 64.7 Å². The topological polar surface area (TPSA) is 84.5 Å². The van der Waals surface area contributed by atoms with Crippen LogP contribution in [-0.2, 0) is 20.7 Å². The molecule has 0 aliphatic heterocycles. The molecule has 0 radical (unpaired) electrons. The molecule has 2 aromatic carbocycles. The Bertz CT molecular complexity index is 805. The summed E-state index contributed by atoms with van der Waals surface area (Å²) in [6.45, 7) is 1.38. The Kier molecular flexibility index (Phi) is 6.74. The van der Waals surface area contributed by atoms with Gasteiger partial charge in [0.1, 0.15) is 6.04 Å². The zero-order chi connectivity index (χ0) is 19.1. The summed E-state index contributed by atoms with van der Waals surface area (Å²) >= 11 is 5.86. The highest BCUT2D eigenvalue weighted by Gasteiger charge is 2.22. The Morgan fingerprint density at radius 3 is 2.42 bits per heavy atom. The first-order valence-corrected chi connectivity index (χ1v) is 8.27. The van der Waals surface area contributed by atoms with E-state index in [9.17, 15) is 14.4 Å². The van der Waals surface area contributed by atoms with Gasteiger partial charge in [0.15, 0.2) is 0 Å². The molecule has 0 bridgehead atoms. The van der Waals surface area contributed by atoms with Crippen LogP contribution in [0.4, 0.5) is 5.69 Å². The molecule has 0 aliphatic carbocycles. The first-order chi connectivity index (χ1) is 12.4. The van der Waals surface area contributed by atoms with Gasteiger partial charge in [0.25, 0.3) is 5.91 Å². The van der Waals surface area contributed by atoms with Crippen LogP contribution in [0.3, 0.4) is 0 Å². The van der Waals surface area contributed by atoms with Gasteiger partial charge in [-0.1, -0.05) is 29.8 Å². The fourth-order valence-electron chi connectivity index (χ4n) is 2.37. The van der Waals surface area contributed by atoms with Crippen molar-refractivity contribution in [2.75, 3.05) is 12.4 Å². The van der Waals surface area contributed by atoms with Crippen molar-refractivity contribution in [1.29, 1.82) is 0 Å². The number of benzene rings is 2. The van der Waals surface area contributed by atoms with Crippen molar-refractivity contribution in [3.63, 3.8) is 0 Å². The maximum absolute atomic E-state index is 12.5. The van der Waals surface area contributed by atoms with Crippen LogP contribution in [0.1, 0.15) is 22.8 Å². The number of methoxy groups -OCH3 is 1. The number of halogens is 1. The third-order valence-corrected chi connectivity index (χ3v) is 3.84. The summed E-state index contributed by atoms with van der Waals surface area (Å²) < 4.78 is 4.78. The highest BCUT2D eigenvalue weighted by molar-refractivity contribution is 6.30. The number of hydrogen-bond donors (Lipinski definition) is 2. The normalized spacial score (nSPS) is 11.3. The molecule has 0 aliphatic rings. The molecule has 0 saturated carbocycles. The van der Waals surface area contributed by atoms with Crippen LogP contribution in [0, 0.1) is 0 Å². The number of anilines is 1. The average molecular weight is 375 g/mol. The summed E-state index contributed by atoms with van der Waals surface area (Å²) in [7, 11) is 1.26. The minimum atomic E-state index is -0.849. The van der Waals surface area contributed by atoms with Crippen molar-refractivity contribution >= 4 is 35.1 Å². The van der Waals surface area contributed by atoms with E-state index >= 15 is 0 Å². The van der Waals surface area contributed by atoms with E-state index in [1.54, 1.807) is 42.5 Å². The minimum Gasteiger partial charge on any atom is -0.467 e. The summed E-state index contributed by atoms with van der Waals surface area (Å²) in [5.74, 6) is -1.23. The smallest absolute Gasteiger partial charge is 0.328 e. The third-order valence-electron chi connectivity index (χ3n) is 3.59. The van der Waals surface area contributed by atoms with Gasteiger partial charge in [-0.05, 0) is 35.9 Å². The van der Waals surface area contributed by atoms with Crippen LogP contribution in [0.25, 0.3) is 0 Å². The maximum Gasteiger partial charge on any atom is 0.328 e. The van der Waals surface area contributed by atoms with Gasteiger partial charge in [-0.25, -0.2) is 4.79 Å². The molecule has 6 nitrogen and oxygen atoms in total. The van der Waals surface area contributed by atoms with Crippen LogP contribution < -0.4 is 10.6 Å². The number of esters is 1. The number of rotatable bonds is 6. The van der Waals surface area contributed by atoms with Gasteiger partial charge in [-0.3, -0.25) is 9.59 Å². The van der Waals surface area contributed by atoms with Crippen molar-refractivity contribution in [2.45, 2.75) is 19.4 Å². The lowest BCUT2D eigenvalue weighted by Gasteiger charge is -2.17. The summed E-state index contributed by atoms with van der Waals surface area (Å²) in [4.78, 5) is 35.7. The standard InChI is InChI=1S/C19H19ClN2O4/c1-12(23)21-16-5-3-4-14(11-16)18(24)22-17(19(25)26-2)10-13-6-8-15(20)9-7-13/h3-9,11,17H,10H2,1-2H3,(H,21,23)(H,22,24)/t17-/m1/s1. The molecule has 0 fully saturated rings. The second kappa shape index (κ2) is 9.01. The van der Waals surface area contributed by atoms with Gasteiger partial charge in [-0.2, -0.15) is 0 Å². The summed E-state index contributed by atoms with van der Waals surface area (Å²) in [5, 5.41) is 5.86. The predicted octanol–water partition coefficient (Wildman–Crippen LogP) is 2.81. The molecule has 7 heteroatoms. The van der Waals surface area contributed by atoms with E-state index in [0.717, 1.165) is 5.56 Å². The largest absolute Gasteiger partial charge is 0.467 e. The Hall–Kier alpha value is -2.86. The van der Waals surface area contributed by atoms with E-state index < -0.39 is 17.9 Å². The van der Waals surface area contributed by atoms with Crippen molar-refractivity contribution in [1.82, 2.24) is 5.32 Å². The van der Waals surface area contributed by atoms with Crippen LogP contribution in [-0.4, -0.2) is 30.9 Å². The lowest BCUT2D eigenvalue weighted by molar-refractivity contribution is -0.142. The number of carbonyl (C=O) groups is 3. The van der Waals surface area contributed by atoms with Crippen molar-refractivity contribution in [3.8, 4) is 0 Å². The fraction of sp³-hybridized carbons (Fsp3) is 0.211. The van der Waals surface area contributed by atoms with Crippen molar-refractivity contribution in [2.24, 2.45) is 0 Å². The van der Waals surface area contributed by atoms with Gasteiger partial charge >= 0.3 is 5.97 Å².